The van der Waals surface area contributed by atoms with Gasteiger partial charge < -0.3 is 10.1 Å². The Morgan fingerprint density at radius 1 is 1.03 bits per heavy atom. The van der Waals surface area contributed by atoms with Crippen molar-refractivity contribution in [3.63, 3.8) is 0 Å². The van der Waals surface area contributed by atoms with Crippen molar-refractivity contribution in [2.24, 2.45) is 5.92 Å². The summed E-state index contributed by atoms with van der Waals surface area (Å²) in [6.07, 6.45) is 7.11. The number of piperidine rings is 1. The van der Waals surface area contributed by atoms with Crippen molar-refractivity contribution in [1.29, 1.82) is 0 Å². The van der Waals surface area contributed by atoms with Gasteiger partial charge in [0.05, 0.1) is 10.5 Å². The average Bonchev–Trinajstić information content (AvgIpc) is 2.74. The summed E-state index contributed by atoms with van der Waals surface area (Å²) in [6, 6.07) is 5.84. The number of amides is 1. The van der Waals surface area contributed by atoms with Gasteiger partial charge in [-0.25, -0.2) is 13.2 Å². The van der Waals surface area contributed by atoms with Crippen molar-refractivity contribution in [3.8, 4) is 0 Å². The van der Waals surface area contributed by atoms with E-state index in [1.807, 2.05) is 0 Å². The zero-order chi connectivity index (χ0) is 20.9. The van der Waals surface area contributed by atoms with Crippen molar-refractivity contribution in [2.45, 2.75) is 62.8 Å². The van der Waals surface area contributed by atoms with Crippen LogP contribution in [0, 0.1) is 5.92 Å². The number of benzene rings is 1. The number of hydrogen-bond donors (Lipinski definition) is 1. The van der Waals surface area contributed by atoms with Crippen LogP contribution in [0.15, 0.2) is 29.2 Å². The number of nitrogens with zero attached hydrogens (tertiary/aromatic N) is 1. The summed E-state index contributed by atoms with van der Waals surface area (Å²) < 4.78 is 31.9. The summed E-state index contributed by atoms with van der Waals surface area (Å²) in [5.74, 6) is -0.516. The Balaban J connectivity index is 1.52. The van der Waals surface area contributed by atoms with Gasteiger partial charge in [0, 0.05) is 19.1 Å². The summed E-state index contributed by atoms with van der Waals surface area (Å²) in [5, 5.41) is 2.94. The summed E-state index contributed by atoms with van der Waals surface area (Å²) in [6.45, 7) is 2.84. The molecule has 1 N–H and O–H groups in total. The van der Waals surface area contributed by atoms with E-state index < -0.39 is 16.0 Å². The van der Waals surface area contributed by atoms with E-state index in [0.717, 1.165) is 38.5 Å². The first-order valence-electron chi connectivity index (χ1n) is 10.4. The second-order valence-corrected chi connectivity index (χ2v) is 9.94. The van der Waals surface area contributed by atoms with Crippen LogP contribution in [0.4, 0.5) is 0 Å². The lowest BCUT2D eigenvalue weighted by Gasteiger charge is -2.29. The predicted octanol–water partition coefficient (Wildman–Crippen LogP) is 2.71. The van der Waals surface area contributed by atoms with Crippen LogP contribution in [0.5, 0.6) is 0 Å². The lowest BCUT2D eigenvalue weighted by Crippen LogP contribution is -2.42. The molecule has 1 saturated heterocycles. The highest BCUT2D eigenvalue weighted by Crippen LogP contribution is 2.24. The van der Waals surface area contributed by atoms with Crippen molar-refractivity contribution >= 4 is 21.9 Å². The van der Waals surface area contributed by atoms with E-state index >= 15 is 0 Å². The first kappa shape index (κ1) is 21.8. The van der Waals surface area contributed by atoms with Gasteiger partial charge in [0.15, 0.2) is 6.61 Å². The third-order valence-electron chi connectivity index (χ3n) is 5.84. The highest BCUT2D eigenvalue weighted by atomic mass is 32.2. The van der Waals surface area contributed by atoms with Gasteiger partial charge in [0.2, 0.25) is 10.0 Å². The Kier molecular flexibility index (Phi) is 7.29. The van der Waals surface area contributed by atoms with Gasteiger partial charge in [-0.2, -0.15) is 4.31 Å². The number of carbonyl (C=O) groups excluding carboxylic acids is 2. The van der Waals surface area contributed by atoms with Crippen molar-refractivity contribution < 1.29 is 22.7 Å². The fourth-order valence-corrected chi connectivity index (χ4v) is 5.53. The topological polar surface area (TPSA) is 92.8 Å². The zero-order valence-electron chi connectivity index (χ0n) is 16.9. The first-order valence-corrected chi connectivity index (χ1v) is 11.9. The van der Waals surface area contributed by atoms with E-state index in [4.69, 9.17) is 4.74 Å². The standard InChI is InChI=1S/C21H30N2O5S/c1-16-7-3-4-8-19(16)22-20(24)15-28-21(25)17-9-11-18(12-10-17)29(26,27)23-13-5-2-6-14-23/h9-12,16,19H,2-8,13-15H2,1H3,(H,22,24)/t16-,19-/m0/s1. The monoisotopic (exact) mass is 422 g/mol. The number of esters is 1. The summed E-state index contributed by atoms with van der Waals surface area (Å²) in [4.78, 5) is 24.5. The highest BCUT2D eigenvalue weighted by Gasteiger charge is 2.26. The molecule has 160 valence electrons. The average molecular weight is 423 g/mol. The van der Waals surface area contributed by atoms with E-state index in [1.54, 1.807) is 0 Å². The molecule has 1 heterocycles. The molecule has 8 heteroatoms. The lowest BCUT2D eigenvalue weighted by molar-refractivity contribution is -0.125. The van der Waals surface area contributed by atoms with Gasteiger partial charge in [-0.3, -0.25) is 4.79 Å². The molecule has 1 aliphatic heterocycles. The number of carbonyl (C=O) groups is 2. The molecule has 0 bridgehead atoms. The molecule has 1 aliphatic carbocycles. The van der Waals surface area contributed by atoms with E-state index in [9.17, 15) is 18.0 Å². The summed E-state index contributed by atoms with van der Waals surface area (Å²) in [7, 11) is -3.53. The molecule has 1 saturated carbocycles. The quantitative estimate of drug-likeness (QED) is 0.712. The molecule has 0 spiro atoms. The highest BCUT2D eigenvalue weighted by molar-refractivity contribution is 7.89. The Morgan fingerprint density at radius 3 is 2.34 bits per heavy atom. The largest absolute Gasteiger partial charge is 0.452 e. The minimum atomic E-state index is -3.53. The van der Waals surface area contributed by atoms with Gasteiger partial charge in [-0.05, 0) is 55.9 Å². The molecule has 1 aromatic rings. The second-order valence-electron chi connectivity index (χ2n) is 8.00. The second kappa shape index (κ2) is 9.71. The third kappa shape index (κ3) is 5.57. The fourth-order valence-electron chi connectivity index (χ4n) is 4.01. The fraction of sp³-hybridized carbons (Fsp3) is 0.619. The van der Waals surface area contributed by atoms with Crippen LogP contribution < -0.4 is 5.32 Å². The Morgan fingerprint density at radius 2 is 1.69 bits per heavy atom. The number of ether oxygens (including phenoxy) is 1. The normalized spacial score (nSPS) is 23.3. The maximum Gasteiger partial charge on any atom is 0.338 e. The van der Waals surface area contributed by atoms with Crippen LogP contribution in [0.25, 0.3) is 0 Å². The van der Waals surface area contributed by atoms with E-state index in [-0.39, 0.29) is 29.0 Å². The van der Waals surface area contributed by atoms with Crippen LogP contribution in [0.3, 0.4) is 0 Å². The van der Waals surface area contributed by atoms with Gasteiger partial charge in [0.1, 0.15) is 0 Å². The van der Waals surface area contributed by atoms with E-state index in [0.29, 0.717) is 19.0 Å². The minimum Gasteiger partial charge on any atom is -0.452 e. The van der Waals surface area contributed by atoms with Crippen molar-refractivity contribution in [2.75, 3.05) is 19.7 Å². The van der Waals surface area contributed by atoms with Gasteiger partial charge in [-0.15, -0.1) is 0 Å². The molecule has 2 atom stereocenters. The smallest absolute Gasteiger partial charge is 0.338 e. The molecule has 0 unspecified atom stereocenters. The predicted molar refractivity (Wildman–Crippen MR) is 109 cm³/mol. The molecule has 1 aromatic carbocycles. The van der Waals surface area contributed by atoms with Gasteiger partial charge in [-0.1, -0.05) is 26.2 Å². The number of rotatable bonds is 6. The van der Waals surface area contributed by atoms with Crippen LogP contribution in [-0.2, 0) is 19.6 Å². The first-order chi connectivity index (χ1) is 13.9. The Hall–Kier alpha value is -1.93. The molecular formula is C21H30N2O5S. The van der Waals surface area contributed by atoms with E-state index in [1.165, 1.54) is 35.0 Å². The molecule has 0 radical (unpaired) electrons. The Bertz CT molecular complexity index is 816. The third-order valence-corrected chi connectivity index (χ3v) is 7.75. The van der Waals surface area contributed by atoms with Gasteiger partial charge in [0.25, 0.3) is 5.91 Å². The lowest BCUT2D eigenvalue weighted by atomic mass is 9.86. The molecular weight excluding hydrogens is 392 g/mol. The number of nitrogens with one attached hydrogen (secondary N) is 1. The maximum atomic E-state index is 12.7. The Labute approximate surface area is 172 Å². The van der Waals surface area contributed by atoms with Crippen LogP contribution in [0.2, 0.25) is 0 Å². The molecule has 29 heavy (non-hydrogen) atoms. The number of hydrogen-bond acceptors (Lipinski definition) is 5. The summed E-state index contributed by atoms with van der Waals surface area (Å²) >= 11 is 0. The molecule has 2 aliphatic rings. The van der Waals surface area contributed by atoms with Crippen LogP contribution in [0.1, 0.15) is 62.2 Å². The van der Waals surface area contributed by atoms with Crippen LogP contribution >= 0.6 is 0 Å². The summed E-state index contributed by atoms with van der Waals surface area (Å²) in [5.41, 5.74) is 0.224. The maximum absolute atomic E-state index is 12.7. The molecule has 2 fully saturated rings. The molecule has 1 amide bonds. The van der Waals surface area contributed by atoms with E-state index in [2.05, 4.69) is 12.2 Å². The molecule has 3 rings (SSSR count). The minimum absolute atomic E-state index is 0.134. The van der Waals surface area contributed by atoms with Gasteiger partial charge >= 0.3 is 5.97 Å². The van der Waals surface area contributed by atoms with Crippen LogP contribution in [-0.4, -0.2) is 50.3 Å². The zero-order valence-corrected chi connectivity index (χ0v) is 17.7. The molecule has 0 aromatic heterocycles. The van der Waals surface area contributed by atoms with Crippen molar-refractivity contribution in [1.82, 2.24) is 9.62 Å². The number of sulfonamides is 1. The van der Waals surface area contributed by atoms with Crippen molar-refractivity contribution in [3.05, 3.63) is 29.8 Å². The molecule has 7 nitrogen and oxygen atoms in total. The SMILES string of the molecule is C[C@H]1CCCC[C@@H]1NC(=O)COC(=O)c1ccc(S(=O)(=O)N2CCCCC2)cc1.